The Morgan fingerprint density at radius 3 is 2.50 bits per heavy atom. The van der Waals surface area contributed by atoms with Crippen molar-refractivity contribution in [2.75, 3.05) is 25.5 Å². The third kappa shape index (κ3) is 5.98. The van der Waals surface area contributed by atoms with Crippen LogP contribution in [0, 0.1) is 0 Å². The second-order valence-corrected chi connectivity index (χ2v) is 13.2. The molecule has 0 aromatic heterocycles. The Morgan fingerprint density at radius 2 is 2.00 bits per heavy atom. The SMILES string of the molecule is C[Si](C)(C)CN1CCC[C@@H](NS(C)(=O)=O)C1. The van der Waals surface area contributed by atoms with E-state index < -0.39 is 18.1 Å². The Hall–Kier alpha value is 0.0869. The molecule has 0 unspecified atom stereocenters. The van der Waals surface area contributed by atoms with Gasteiger partial charge in [0.25, 0.3) is 0 Å². The Morgan fingerprint density at radius 1 is 1.38 bits per heavy atom. The summed E-state index contributed by atoms with van der Waals surface area (Å²) < 4.78 is 25.1. The monoisotopic (exact) mass is 264 g/mol. The number of hydrogen-bond acceptors (Lipinski definition) is 3. The van der Waals surface area contributed by atoms with Crippen LogP contribution in [0.5, 0.6) is 0 Å². The summed E-state index contributed by atoms with van der Waals surface area (Å²) in [6, 6.07) is 0.111. The Labute approximate surface area is 100 Å². The molecule has 0 bridgehead atoms. The minimum Gasteiger partial charge on any atom is -0.305 e. The van der Waals surface area contributed by atoms with Crippen LogP contribution in [0.2, 0.25) is 19.6 Å². The zero-order chi connectivity index (χ0) is 12.4. The average molecular weight is 264 g/mol. The van der Waals surface area contributed by atoms with Crippen LogP contribution in [0.1, 0.15) is 12.8 Å². The maximum absolute atomic E-state index is 11.2. The minimum absolute atomic E-state index is 0.111. The lowest BCUT2D eigenvalue weighted by Crippen LogP contribution is -2.51. The van der Waals surface area contributed by atoms with E-state index >= 15 is 0 Å². The van der Waals surface area contributed by atoms with E-state index in [1.165, 1.54) is 6.26 Å². The highest BCUT2D eigenvalue weighted by Crippen LogP contribution is 2.13. The van der Waals surface area contributed by atoms with Crippen LogP contribution < -0.4 is 4.72 Å². The summed E-state index contributed by atoms with van der Waals surface area (Å²) in [6.45, 7) is 9.03. The second-order valence-electron chi connectivity index (χ2n) is 6.02. The Balaban J connectivity index is 2.48. The van der Waals surface area contributed by atoms with Gasteiger partial charge in [0.1, 0.15) is 0 Å². The molecule has 1 atom stereocenters. The number of piperidine rings is 1. The van der Waals surface area contributed by atoms with Crippen LogP contribution in [0.4, 0.5) is 0 Å². The largest absolute Gasteiger partial charge is 0.305 e. The van der Waals surface area contributed by atoms with E-state index in [1.54, 1.807) is 0 Å². The van der Waals surface area contributed by atoms with E-state index in [1.807, 2.05) is 0 Å². The van der Waals surface area contributed by atoms with Crippen molar-refractivity contribution in [1.82, 2.24) is 9.62 Å². The van der Waals surface area contributed by atoms with Gasteiger partial charge in [0.15, 0.2) is 0 Å². The third-order valence-electron chi connectivity index (χ3n) is 2.58. The molecule has 16 heavy (non-hydrogen) atoms. The second kappa shape index (κ2) is 5.16. The highest BCUT2D eigenvalue weighted by atomic mass is 32.2. The molecule has 1 heterocycles. The maximum Gasteiger partial charge on any atom is 0.208 e. The number of sulfonamides is 1. The van der Waals surface area contributed by atoms with Crippen LogP contribution in [0.3, 0.4) is 0 Å². The Bertz CT molecular complexity index is 324. The first kappa shape index (κ1) is 14.1. The van der Waals surface area contributed by atoms with Crippen molar-refractivity contribution in [3.63, 3.8) is 0 Å². The van der Waals surface area contributed by atoms with Crippen molar-refractivity contribution in [2.24, 2.45) is 0 Å². The van der Waals surface area contributed by atoms with Gasteiger partial charge in [-0.1, -0.05) is 19.6 Å². The van der Waals surface area contributed by atoms with E-state index in [-0.39, 0.29) is 6.04 Å². The predicted molar refractivity (Wildman–Crippen MR) is 70.8 cm³/mol. The molecule has 1 aliphatic rings. The van der Waals surface area contributed by atoms with Crippen molar-refractivity contribution in [2.45, 2.75) is 38.5 Å². The van der Waals surface area contributed by atoms with E-state index in [9.17, 15) is 8.42 Å². The van der Waals surface area contributed by atoms with Crippen molar-refractivity contribution in [1.29, 1.82) is 0 Å². The molecule has 0 aliphatic carbocycles. The van der Waals surface area contributed by atoms with Gasteiger partial charge in [-0.05, 0) is 25.6 Å². The standard InChI is InChI=1S/C10H24N2O2SSi/c1-15(13,14)11-10-6-5-7-12(8-10)9-16(2,3)4/h10-11H,5-9H2,1-4H3/t10-/m1/s1. The molecule has 1 N–H and O–H groups in total. The van der Waals surface area contributed by atoms with Crippen LogP contribution >= 0.6 is 0 Å². The van der Waals surface area contributed by atoms with Gasteiger partial charge in [-0.15, -0.1) is 0 Å². The summed E-state index contributed by atoms with van der Waals surface area (Å²) in [7, 11) is -4.14. The molecule has 1 aliphatic heterocycles. The quantitative estimate of drug-likeness (QED) is 0.767. The fourth-order valence-corrected chi connectivity index (χ4v) is 4.70. The van der Waals surface area contributed by atoms with Gasteiger partial charge in [0.05, 0.1) is 14.3 Å². The molecule has 1 saturated heterocycles. The van der Waals surface area contributed by atoms with Gasteiger partial charge in [-0.25, -0.2) is 13.1 Å². The van der Waals surface area contributed by atoms with Crippen LogP contribution in [-0.4, -0.2) is 52.9 Å². The molecule has 1 rings (SSSR count). The normalized spacial score (nSPS) is 24.6. The lowest BCUT2D eigenvalue weighted by atomic mass is 10.1. The van der Waals surface area contributed by atoms with Crippen LogP contribution in [0.15, 0.2) is 0 Å². The van der Waals surface area contributed by atoms with Crippen LogP contribution in [0.25, 0.3) is 0 Å². The average Bonchev–Trinajstić information content (AvgIpc) is 1.96. The molecule has 0 radical (unpaired) electrons. The number of nitrogens with zero attached hydrogens (tertiary/aromatic N) is 1. The Kier molecular flexibility index (Phi) is 4.56. The van der Waals surface area contributed by atoms with Gasteiger partial charge in [0, 0.05) is 12.6 Å². The maximum atomic E-state index is 11.2. The molecule has 0 amide bonds. The molecule has 0 saturated carbocycles. The fraction of sp³-hybridized carbons (Fsp3) is 1.00. The highest BCUT2D eigenvalue weighted by molar-refractivity contribution is 7.88. The smallest absolute Gasteiger partial charge is 0.208 e. The molecular formula is C10H24N2O2SSi. The summed E-state index contributed by atoms with van der Waals surface area (Å²) in [6.07, 6.45) is 4.46. The molecule has 1 fully saturated rings. The highest BCUT2D eigenvalue weighted by Gasteiger charge is 2.25. The summed E-state index contributed by atoms with van der Waals surface area (Å²) in [5.41, 5.74) is 0. The zero-order valence-electron chi connectivity index (χ0n) is 10.8. The predicted octanol–water partition coefficient (Wildman–Crippen LogP) is 0.877. The number of hydrogen-bond donors (Lipinski definition) is 1. The van der Waals surface area contributed by atoms with E-state index in [0.717, 1.165) is 32.1 Å². The van der Waals surface area contributed by atoms with Crippen molar-refractivity contribution < 1.29 is 8.42 Å². The molecule has 96 valence electrons. The van der Waals surface area contributed by atoms with Gasteiger partial charge >= 0.3 is 0 Å². The molecule has 0 spiro atoms. The molecule has 0 aromatic carbocycles. The van der Waals surface area contributed by atoms with Crippen molar-refractivity contribution in [3.05, 3.63) is 0 Å². The van der Waals surface area contributed by atoms with Crippen molar-refractivity contribution >= 4 is 18.1 Å². The lowest BCUT2D eigenvalue weighted by molar-refractivity contribution is 0.227. The van der Waals surface area contributed by atoms with E-state index in [2.05, 4.69) is 29.3 Å². The molecule has 0 aromatic rings. The third-order valence-corrected chi connectivity index (χ3v) is 4.74. The number of likely N-dealkylation sites (tertiary alicyclic amines) is 1. The summed E-state index contributed by atoms with van der Waals surface area (Å²) in [5.74, 6) is 0. The first-order valence-corrected chi connectivity index (χ1v) is 11.5. The minimum atomic E-state index is -3.06. The van der Waals surface area contributed by atoms with E-state index in [4.69, 9.17) is 0 Å². The molecule has 4 nitrogen and oxygen atoms in total. The van der Waals surface area contributed by atoms with Gasteiger partial charge in [-0.2, -0.15) is 0 Å². The summed E-state index contributed by atoms with van der Waals surface area (Å²) >= 11 is 0. The number of rotatable bonds is 4. The van der Waals surface area contributed by atoms with Gasteiger partial charge < -0.3 is 4.90 Å². The topological polar surface area (TPSA) is 49.4 Å². The van der Waals surface area contributed by atoms with Crippen LogP contribution in [-0.2, 0) is 10.0 Å². The zero-order valence-corrected chi connectivity index (χ0v) is 12.6. The summed E-state index contributed by atoms with van der Waals surface area (Å²) in [4.78, 5) is 2.42. The van der Waals surface area contributed by atoms with E-state index in [0.29, 0.717) is 0 Å². The van der Waals surface area contributed by atoms with Crippen molar-refractivity contribution in [3.8, 4) is 0 Å². The lowest BCUT2D eigenvalue weighted by Gasteiger charge is -2.36. The van der Waals surface area contributed by atoms with Gasteiger partial charge in [-0.3, -0.25) is 0 Å². The fourth-order valence-electron chi connectivity index (χ4n) is 2.27. The number of nitrogens with one attached hydrogen (secondary N) is 1. The van der Waals surface area contributed by atoms with Gasteiger partial charge in [0.2, 0.25) is 10.0 Å². The molecule has 6 heteroatoms. The molecular weight excluding hydrogens is 240 g/mol. The summed E-state index contributed by atoms with van der Waals surface area (Å²) in [5, 5.41) is 0. The first-order chi connectivity index (χ1) is 7.16. The first-order valence-electron chi connectivity index (χ1n) is 5.85.